The Hall–Kier alpha value is -4.53. The van der Waals surface area contributed by atoms with Gasteiger partial charge in [0.1, 0.15) is 12.4 Å². The molecule has 0 saturated carbocycles. The molecule has 9 heteroatoms. The average molecular weight is 475 g/mol. The van der Waals surface area contributed by atoms with E-state index in [1.165, 1.54) is 6.26 Å². The zero-order chi connectivity index (χ0) is 24.6. The van der Waals surface area contributed by atoms with Gasteiger partial charge in [-0.25, -0.2) is 0 Å². The second-order valence-electron chi connectivity index (χ2n) is 7.60. The minimum absolute atomic E-state index is 0.127. The number of carbonyl (C=O) groups excluding carboxylic acids is 2. The molecule has 0 aliphatic heterocycles. The van der Waals surface area contributed by atoms with Gasteiger partial charge in [0.05, 0.1) is 25.6 Å². The first-order chi connectivity index (χ1) is 17.1. The third-order valence-corrected chi connectivity index (χ3v) is 5.20. The average Bonchev–Trinajstić information content (AvgIpc) is 3.56. The van der Waals surface area contributed by atoms with Gasteiger partial charge in [-0.1, -0.05) is 24.3 Å². The van der Waals surface area contributed by atoms with Crippen molar-refractivity contribution in [1.82, 2.24) is 15.1 Å². The Morgan fingerprint density at radius 3 is 2.60 bits per heavy atom. The van der Waals surface area contributed by atoms with Crippen LogP contribution in [0.4, 0.5) is 5.69 Å². The number of nitrogens with one attached hydrogen (secondary N) is 2. The third kappa shape index (κ3) is 5.89. The number of rotatable bonds is 10. The van der Waals surface area contributed by atoms with Crippen LogP contribution < -0.4 is 20.1 Å². The summed E-state index contributed by atoms with van der Waals surface area (Å²) in [5.74, 6) is 1.09. The summed E-state index contributed by atoms with van der Waals surface area (Å²) in [5, 5.41) is 9.86. The monoisotopic (exact) mass is 474 g/mol. The lowest BCUT2D eigenvalue weighted by atomic mass is 10.1. The molecule has 180 valence electrons. The van der Waals surface area contributed by atoms with Crippen LogP contribution in [0, 0.1) is 0 Å². The molecule has 2 heterocycles. The quantitative estimate of drug-likeness (QED) is 0.356. The van der Waals surface area contributed by atoms with Crippen LogP contribution in [0.3, 0.4) is 0 Å². The number of hydrogen-bond donors (Lipinski definition) is 2. The van der Waals surface area contributed by atoms with E-state index in [9.17, 15) is 9.59 Å². The summed E-state index contributed by atoms with van der Waals surface area (Å²) in [6.07, 6.45) is 3.17. The lowest BCUT2D eigenvalue weighted by Crippen LogP contribution is -2.25. The zero-order valence-corrected chi connectivity index (χ0v) is 19.5. The van der Waals surface area contributed by atoms with Crippen LogP contribution in [0.1, 0.15) is 39.1 Å². The molecule has 4 rings (SSSR count). The maximum Gasteiger partial charge on any atom is 0.274 e. The largest absolute Gasteiger partial charge is 0.493 e. The lowest BCUT2D eigenvalue weighted by molar-refractivity contribution is 0.0943. The normalized spacial score (nSPS) is 10.6. The molecule has 0 aliphatic rings. The number of ether oxygens (including phenoxy) is 2. The molecule has 2 amide bonds. The Morgan fingerprint density at radius 1 is 1.03 bits per heavy atom. The topological polar surface area (TPSA) is 108 Å². The van der Waals surface area contributed by atoms with E-state index in [1.54, 1.807) is 48.3 Å². The van der Waals surface area contributed by atoms with E-state index in [-0.39, 0.29) is 24.8 Å². The number of anilines is 1. The number of hydrogen-bond acceptors (Lipinski definition) is 6. The van der Waals surface area contributed by atoms with Gasteiger partial charge in [-0.05, 0) is 48.9 Å². The number of aromatic nitrogens is 2. The molecule has 9 nitrogen and oxygen atoms in total. The van der Waals surface area contributed by atoms with Crippen molar-refractivity contribution < 1.29 is 23.5 Å². The smallest absolute Gasteiger partial charge is 0.274 e. The number of carbonyl (C=O) groups is 2. The van der Waals surface area contributed by atoms with Crippen molar-refractivity contribution in [2.24, 2.45) is 0 Å². The van der Waals surface area contributed by atoms with E-state index in [0.29, 0.717) is 35.1 Å². The fourth-order valence-electron chi connectivity index (χ4n) is 3.40. The first-order valence-electron chi connectivity index (χ1n) is 11.1. The minimum atomic E-state index is -0.414. The van der Waals surface area contributed by atoms with Crippen molar-refractivity contribution in [3.8, 4) is 11.5 Å². The number of para-hydroxylation sites is 2. The Labute approximate surface area is 202 Å². The van der Waals surface area contributed by atoms with Crippen molar-refractivity contribution in [1.29, 1.82) is 0 Å². The van der Waals surface area contributed by atoms with E-state index in [0.717, 1.165) is 5.56 Å². The summed E-state index contributed by atoms with van der Waals surface area (Å²) in [6, 6.07) is 18.0. The van der Waals surface area contributed by atoms with Crippen LogP contribution in [0.25, 0.3) is 0 Å². The standard InChI is InChI=1S/C26H26N4O5/c1-3-30-16-21(24(29-30)26(32)27-15-20-10-7-13-34-20)28-25(31)19-9-6-8-18(14-19)17-35-23-12-5-4-11-22(23)33-2/h4-14,16H,3,15,17H2,1-2H3,(H,27,32)(H,28,31). The molecule has 4 aromatic rings. The van der Waals surface area contributed by atoms with E-state index >= 15 is 0 Å². The summed E-state index contributed by atoms with van der Waals surface area (Å²) in [6.45, 7) is 2.92. The molecule has 0 radical (unpaired) electrons. The highest BCUT2D eigenvalue weighted by Crippen LogP contribution is 2.26. The second kappa shape index (κ2) is 11.1. The molecule has 0 aliphatic carbocycles. The van der Waals surface area contributed by atoms with E-state index in [4.69, 9.17) is 13.9 Å². The number of aryl methyl sites for hydroxylation is 1. The van der Waals surface area contributed by atoms with Crippen molar-refractivity contribution in [3.05, 3.63) is 95.7 Å². The highest BCUT2D eigenvalue weighted by atomic mass is 16.5. The minimum Gasteiger partial charge on any atom is -0.493 e. The van der Waals surface area contributed by atoms with E-state index < -0.39 is 5.91 Å². The van der Waals surface area contributed by atoms with Gasteiger partial charge in [-0.3, -0.25) is 14.3 Å². The first kappa shape index (κ1) is 23.6. The number of furan rings is 1. The van der Waals surface area contributed by atoms with Gasteiger partial charge in [-0.2, -0.15) is 5.10 Å². The van der Waals surface area contributed by atoms with Gasteiger partial charge in [0, 0.05) is 18.3 Å². The van der Waals surface area contributed by atoms with Crippen LogP contribution in [-0.4, -0.2) is 28.7 Å². The molecule has 0 unspecified atom stereocenters. The summed E-state index contributed by atoms with van der Waals surface area (Å²) in [4.78, 5) is 25.7. The van der Waals surface area contributed by atoms with Crippen LogP contribution >= 0.6 is 0 Å². The number of methoxy groups -OCH3 is 1. The van der Waals surface area contributed by atoms with E-state index in [1.807, 2.05) is 37.3 Å². The molecule has 0 bridgehead atoms. The molecule has 2 aromatic carbocycles. The van der Waals surface area contributed by atoms with Crippen LogP contribution in [0.15, 0.2) is 77.5 Å². The Bertz CT molecular complexity index is 1300. The number of benzene rings is 2. The lowest BCUT2D eigenvalue weighted by Gasteiger charge is -2.11. The van der Waals surface area contributed by atoms with Gasteiger partial charge in [0.25, 0.3) is 11.8 Å². The van der Waals surface area contributed by atoms with Crippen molar-refractivity contribution in [3.63, 3.8) is 0 Å². The van der Waals surface area contributed by atoms with Crippen molar-refractivity contribution in [2.45, 2.75) is 26.6 Å². The fraction of sp³-hybridized carbons (Fsp3) is 0.192. The van der Waals surface area contributed by atoms with Gasteiger partial charge in [0.15, 0.2) is 17.2 Å². The third-order valence-electron chi connectivity index (χ3n) is 5.20. The molecular formula is C26H26N4O5. The summed E-state index contributed by atoms with van der Waals surface area (Å²) in [7, 11) is 1.58. The van der Waals surface area contributed by atoms with Gasteiger partial charge < -0.3 is 24.5 Å². The Morgan fingerprint density at radius 2 is 1.86 bits per heavy atom. The predicted octanol–water partition coefficient (Wildman–Crippen LogP) is 4.27. The zero-order valence-electron chi connectivity index (χ0n) is 19.5. The van der Waals surface area contributed by atoms with Crippen LogP contribution in [0.5, 0.6) is 11.5 Å². The molecule has 0 atom stereocenters. The molecule has 0 spiro atoms. The van der Waals surface area contributed by atoms with Gasteiger partial charge in [-0.15, -0.1) is 0 Å². The van der Waals surface area contributed by atoms with Crippen molar-refractivity contribution >= 4 is 17.5 Å². The molecule has 2 aromatic heterocycles. The van der Waals surface area contributed by atoms with Crippen molar-refractivity contribution in [2.75, 3.05) is 12.4 Å². The highest BCUT2D eigenvalue weighted by molar-refractivity contribution is 6.08. The number of amides is 2. The summed E-state index contributed by atoms with van der Waals surface area (Å²) >= 11 is 0. The molecule has 2 N–H and O–H groups in total. The Kier molecular flexibility index (Phi) is 7.47. The van der Waals surface area contributed by atoms with E-state index in [2.05, 4.69) is 15.7 Å². The summed E-state index contributed by atoms with van der Waals surface area (Å²) in [5.41, 5.74) is 1.69. The predicted molar refractivity (Wildman–Crippen MR) is 130 cm³/mol. The first-order valence-corrected chi connectivity index (χ1v) is 11.1. The SMILES string of the molecule is CCn1cc(NC(=O)c2cccc(COc3ccccc3OC)c2)c(C(=O)NCc2ccco2)n1. The second-order valence-corrected chi connectivity index (χ2v) is 7.60. The van der Waals surface area contributed by atoms with Crippen LogP contribution in [0.2, 0.25) is 0 Å². The van der Waals surface area contributed by atoms with Gasteiger partial charge >= 0.3 is 0 Å². The van der Waals surface area contributed by atoms with Gasteiger partial charge in [0.2, 0.25) is 0 Å². The molecule has 0 saturated heterocycles. The van der Waals surface area contributed by atoms with Crippen LogP contribution in [-0.2, 0) is 19.7 Å². The maximum absolute atomic E-state index is 13.0. The maximum atomic E-state index is 13.0. The Balaban J connectivity index is 1.44. The molecule has 0 fully saturated rings. The highest BCUT2D eigenvalue weighted by Gasteiger charge is 2.19. The summed E-state index contributed by atoms with van der Waals surface area (Å²) < 4.78 is 18.0. The molecule has 35 heavy (non-hydrogen) atoms. The fourth-order valence-corrected chi connectivity index (χ4v) is 3.40. The molecular weight excluding hydrogens is 448 g/mol. The number of nitrogens with zero attached hydrogens (tertiary/aromatic N) is 2.